The predicted octanol–water partition coefficient (Wildman–Crippen LogP) is 1.23. The number of carbonyl (C=O) groups is 2. The van der Waals surface area contributed by atoms with Crippen molar-refractivity contribution in [2.24, 2.45) is 0 Å². The molecule has 2 N–H and O–H groups in total. The van der Waals surface area contributed by atoms with E-state index >= 15 is 0 Å². The molecule has 1 fully saturated rings. The third kappa shape index (κ3) is 4.29. The highest BCUT2D eigenvalue weighted by molar-refractivity contribution is 6.32. The SMILES string of the molecule is CC(=O)Nc1c(C(=O)N2CCN(CCO)CC2)cnn1-c1ccccc1Cl. The summed E-state index contributed by atoms with van der Waals surface area (Å²) in [6.45, 7) is 4.58. The van der Waals surface area contributed by atoms with Gasteiger partial charge in [-0.3, -0.25) is 14.5 Å². The highest BCUT2D eigenvalue weighted by Crippen LogP contribution is 2.26. The van der Waals surface area contributed by atoms with E-state index in [1.165, 1.54) is 17.8 Å². The number of amides is 2. The molecule has 3 rings (SSSR count). The molecule has 8 nitrogen and oxygen atoms in total. The van der Waals surface area contributed by atoms with Crippen molar-refractivity contribution in [1.82, 2.24) is 19.6 Å². The molecule has 144 valence electrons. The number of aromatic nitrogens is 2. The maximum Gasteiger partial charge on any atom is 0.259 e. The molecule has 1 saturated heterocycles. The summed E-state index contributed by atoms with van der Waals surface area (Å²) >= 11 is 6.26. The molecule has 0 saturated carbocycles. The zero-order valence-electron chi connectivity index (χ0n) is 15.1. The van der Waals surface area contributed by atoms with Gasteiger partial charge in [0, 0.05) is 39.6 Å². The zero-order chi connectivity index (χ0) is 19.4. The fourth-order valence-electron chi connectivity index (χ4n) is 3.08. The minimum atomic E-state index is -0.300. The van der Waals surface area contributed by atoms with Gasteiger partial charge in [-0.05, 0) is 12.1 Å². The molecule has 9 heteroatoms. The van der Waals surface area contributed by atoms with Crippen LogP contribution in [0.25, 0.3) is 5.69 Å². The number of β-amino-alcohol motifs (C(OH)–C–C–N with tert-alkyl or cyclic N) is 1. The van der Waals surface area contributed by atoms with Crippen molar-refractivity contribution in [2.45, 2.75) is 6.92 Å². The largest absolute Gasteiger partial charge is 0.395 e. The minimum Gasteiger partial charge on any atom is -0.395 e. The fraction of sp³-hybridized carbons (Fsp3) is 0.389. The van der Waals surface area contributed by atoms with E-state index in [0.29, 0.717) is 54.8 Å². The second-order valence-electron chi connectivity index (χ2n) is 6.31. The third-order valence-corrected chi connectivity index (χ3v) is 4.77. The Morgan fingerprint density at radius 3 is 2.56 bits per heavy atom. The first kappa shape index (κ1) is 19.3. The normalized spacial score (nSPS) is 15.0. The Kier molecular flexibility index (Phi) is 6.10. The first-order chi connectivity index (χ1) is 13.0. The van der Waals surface area contributed by atoms with Gasteiger partial charge in [-0.15, -0.1) is 0 Å². The van der Waals surface area contributed by atoms with Crippen molar-refractivity contribution < 1.29 is 14.7 Å². The number of para-hydroxylation sites is 1. The number of nitrogens with zero attached hydrogens (tertiary/aromatic N) is 4. The van der Waals surface area contributed by atoms with Crippen molar-refractivity contribution >= 4 is 29.2 Å². The van der Waals surface area contributed by atoms with E-state index in [0.717, 1.165) is 0 Å². The van der Waals surface area contributed by atoms with Gasteiger partial charge in [0.25, 0.3) is 5.91 Å². The molecule has 0 unspecified atom stereocenters. The lowest BCUT2D eigenvalue weighted by molar-refractivity contribution is -0.114. The first-order valence-electron chi connectivity index (χ1n) is 8.74. The lowest BCUT2D eigenvalue weighted by Crippen LogP contribution is -2.49. The summed E-state index contributed by atoms with van der Waals surface area (Å²) in [7, 11) is 0. The molecular formula is C18H22ClN5O3. The lowest BCUT2D eigenvalue weighted by Gasteiger charge is -2.34. The van der Waals surface area contributed by atoms with Gasteiger partial charge in [0.05, 0.1) is 23.5 Å². The fourth-order valence-corrected chi connectivity index (χ4v) is 3.30. The molecule has 2 aromatic rings. The van der Waals surface area contributed by atoms with Crippen LogP contribution in [0.4, 0.5) is 5.82 Å². The quantitative estimate of drug-likeness (QED) is 0.800. The van der Waals surface area contributed by atoms with Gasteiger partial charge in [0.1, 0.15) is 11.4 Å². The molecule has 27 heavy (non-hydrogen) atoms. The number of carbonyl (C=O) groups excluding carboxylic acids is 2. The van der Waals surface area contributed by atoms with Crippen LogP contribution in [0.1, 0.15) is 17.3 Å². The van der Waals surface area contributed by atoms with Crippen LogP contribution in [-0.4, -0.2) is 75.8 Å². The smallest absolute Gasteiger partial charge is 0.259 e. The molecule has 1 aromatic carbocycles. The number of anilines is 1. The van der Waals surface area contributed by atoms with Crippen LogP contribution in [0.15, 0.2) is 30.5 Å². The predicted molar refractivity (Wildman–Crippen MR) is 102 cm³/mol. The van der Waals surface area contributed by atoms with Crippen molar-refractivity contribution in [2.75, 3.05) is 44.6 Å². The minimum absolute atomic E-state index is 0.102. The average molecular weight is 392 g/mol. The molecule has 2 heterocycles. The van der Waals surface area contributed by atoms with E-state index in [1.54, 1.807) is 23.1 Å². The maximum atomic E-state index is 13.0. The van der Waals surface area contributed by atoms with E-state index in [9.17, 15) is 9.59 Å². The topological polar surface area (TPSA) is 90.7 Å². The van der Waals surface area contributed by atoms with Crippen LogP contribution in [0.2, 0.25) is 5.02 Å². The van der Waals surface area contributed by atoms with E-state index in [1.807, 2.05) is 6.07 Å². The van der Waals surface area contributed by atoms with E-state index in [-0.39, 0.29) is 18.4 Å². The van der Waals surface area contributed by atoms with Crippen molar-refractivity contribution in [3.05, 3.63) is 41.0 Å². The number of aliphatic hydroxyl groups excluding tert-OH is 1. The molecule has 2 amide bonds. The van der Waals surface area contributed by atoms with Crippen LogP contribution in [-0.2, 0) is 4.79 Å². The Bertz CT molecular complexity index is 830. The number of nitrogens with one attached hydrogen (secondary N) is 1. The molecule has 0 radical (unpaired) electrons. The first-order valence-corrected chi connectivity index (χ1v) is 9.12. The summed E-state index contributed by atoms with van der Waals surface area (Å²) in [6.07, 6.45) is 1.46. The number of benzene rings is 1. The second-order valence-corrected chi connectivity index (χ2v) is 6.72. The van der Waals surface area contributed by atoms with Gasteiger partial charge >= 0.3 is 0 Å². The highest BCUT2D eigenvalue weighted by Gasteiger charge is 2.27. The number of aliphatic hydroxyl groups is 1. The van der Waals surface area contributed by atoms with Crippen LogP contribution < -0.4 is 5.32 Å². The number of hydrogen-bond donors (Lipinski definition) is 2. The Labute approximate surface area is 162 Å². The number of rotatable bonds is 5. The number of piperazine rings is 1. The van der Waals surface area contributed by atoms with Gasteiger partial charge in [-0.25, -0.2) is 4.68 Å². The molecule has 1 aliphatic rings. The lowest BCUT2D eigenvalue weighted by atomic mass is 10.2. The Hall–Kier alpha value is -2.42. The molecule has 0 aliphatic carbocycles. The summed E-state index contributed by atoms with van der Waals surface area (Å²) in [5, 5.41) is 16.5. The van der Waals surface area contributed by atoms with Gasteiger partial charge in [0.15, 0.2) is 0 Å². The molecule has 0 bridgehead atoms. The van der Waals surface area contributed by atoms with Crippen LogP contribution in [0, 0.1) is 0 Å². The van der Waals surface area contributed by atoms with Gasteiger partial charge in [0.2, 0.25) is 5.91 Å². The summed E-state index contributed by atoms with van der Waals surface area (Å²) in [4.78, 5) is 28.6. The van der Waals surface area contributed by atoms with Gasteiger partial charge < -0.3 is 15.3 Å². The summed E-state index contributed by atoms with van der Waals surface area (Å²) in [5.41, 5.74) is 0.899. The maximum absolute atomic E-state index is 13.0. The molecule has 1 aromatic heterocycles. The number of hydrogen-bond acceptors (Lipinski definition) is 5. The van der Waals surface area contributed by atoms with Gasteiger partial charge in [-0.1, -0.05) is 23.7 Å². The van der Waals surface area contributed by atoms with Crippen molar-refractivity contribution in [3.63, 3.8) is 0 Å². The van der Waals surface area contributed by atoms with Crippen LogP contribution in [0.5, 0.6) is 0 Å². The number of halogens is 1. The monoisotopic (exact) mass is 391 g/mol. The molecule has 0 spiro atoms. The molecular weight excluding hydrogens is 370 g/mol. The van der Waals surface area contributed by atoms with E-state index in [4.69, 9.17) is 16.7 Å². The molecule has 0 atom stereocenters. The highest BCUT2D eigenvalue weighted by atomic mass is 35.5. The summed E-state index contributed by atoms with van der Waals surface area (Å²) in [6, 6.07) is 7.09. The Balaban J connectivity index is 1.88. The second kappa shape index (κ2) is 8.51. The third-order valence-electron chi connectivity index (χ3n) is 4.45. The zero-order valence-corrected chi connectivity index (χ0v) is 15.8. The average Bonchev–Trinajstić information content (AvgIpc) is 3.05. The molecule has 1 aliphatic heterocycles. The van der Waals surface area contributed by atoms with Crippen molar-refractivity contribution in [1.29, 1.82) is 0 Å². The van der Waals surface area contributed by atoms with Gasteiger partial charge in [-0.2, -0.15) is 5.10 Å². The standard InChI is InChI=1S/C18H22ClN5O3/c1-13(26)21-17-14(12-20-24(17)16-5-3-2-4-15(16)19)18(27)23-8-6-22(7-9-23)10-11-25/h2-5,12,25H,6-11H2,1H3,(H,21,26). The van der Waals surface area contributed by atoms with Crippen LogP contribution >= 0.6 is 11.6 Å². The Morgan fingerprint density at radius 1 is 1.22 bits per heavy atom. The summed E-state index contributed by atoms with van der Waals surface area (Å²) in [5.74, 6) is -0.190. The van der Waals surface area contributed by atoms with E-state index in [2.05, 4.69) is 15.3 Å². The van der Waals surface area contributed by atoms with Crippen LogP contribution in [0.3, 0.4) is 0 Å². The summed E-state index contributed by atoms with van der Waals surface area (Å²) < 4.78 is 1.47. The van der Waals surface area contributed by atoms with E-state index < -0.39 is 0 Å². The van der Waals surface area contributed by atoms with Crippen molar-refractivity contribution in [3.8, 4) is 5.69 Å². The Morgan fingerprint density at radius 2 is 1.93 bits per heavy atom.